The van der Waals surface area contributed by atoms with Gasteiger partial charge in [-0.1, -0.05) is 12.1 Å². The highest BCUT2D eigenvalue weighted by Gasteiger charge is 2.34. The van der Waals surface area contributed by atoms with Crippen molar-refractivity contribution in [2.24, 2.45) is 5.73 Å². The van der Waals surface area contributed by atoms with E-state index in [9.17, 15) is 9.18 Å². The van der Waals surface area contributed by atoms with Gasteiger partial charge in [0.15, 0.2) is 0 Å². The quantitative estimate of drug-likeness (QED) is 0.909. The number of nitrogens with two attached hydrogens (primary N) is 1. The second-order valence-electron chi connectivity index (χ2n) is 5.12. The van der Waals surface area contributed by atoms with Gasteiger partial charge in [-0.2, -0.15) is 0 Å². The summed E-state index contributed by atoms with van der Waals surface area (Å²) in [7, 11) is 0. The van der Waals surface area contributed by atoms with E-state index in [2.05, 4.69) is 4.98 Å². The Morgan fingerprint density at radius 1 is 1.45 bits per heavy atom. The lowest BCUT2D eigenvalue weighted by Crippen LogP contribution is -2.32. The van der Waals surface area contributed by atoms with Gasteiger partial charge in [-0.25, -0.2) is 9.37 Å². The average Bonchev–Trinajstić information content (AvgIpc) is 3.20. The Morgan fingerprint density at radius 2 is 2.23 bits per heavy atom. The van der Waals surface area contributed by atoms with E-state index in [1.807, 2.05) is 6.07 Å². The number of rotatable bonds is 5. The molecule has 1 fully saturated rings. The van der Waals surface area contributed by atoms with Crippen molar-refractivity contribution >= 4 is 29.7 Å². The van der Waals surface area contributed by atoms with Crippen LogP contribution in [-0.4, -0.2) is 21.8 Å². The minimum atomic E-state index is -0.283. The molecule has 0 aliphatic heterocycles. The predicted octanol–water partition coefficient (Wildman–Crippen LogP) is 2.97. The van der Waals surface area contributed by atoms with Crippen molar-refractivity contribution in [1.82, 2.24) is 9.88 Å². The lowest BCUT2D eigenvalue weighted by Gasteiger charge is -2.21. The molecule has 0 spiro atoms. The highest BCUT2D eigenvalue weighted by atomic mass is 35.5. The molecular weight excluding hydrogens is 325 g/mol. The number of carbonyl (C=O) groups excluding carboxylic acids is 1. The summed E-state index contributed by atoms with van der Waals surface area (Å²) in [5, 5.41) is 2.49. The summed E-state index contributed by atoms with van der Waals surface area (Å²) in [4.78, 5) is 18.6. The molecule has 2 aromatic rings. The molecule has 3 rings (SSSR count). The van der Waals surface area contributed by atoms with Gasteiger partial charge < -0.3 is 10.6 Å². The summed E-state index contributed by atoms with van der Waals surface area (Å²) in [5.41, 5.74) is 6.76. The third-order valence-corrected chi connectivity index (χ3v) is 4.31. The zero-order valence-electron chi connectivity index (χ0n) is 11.9. The Morgan fingerprint density at radius 3 is 2.82 bits per heavy atom. The van der Waals surface area contributed by atoms with Crippen molar-refractivity contribution < 1.29 is 9.18 Å². The molecule has 1 saturated carbocycles. The number of hydrogen-bond donors (Lipinski definition) is 1. The maximum Gasteiger partial charge on any atom is 0.273 e. The largest absolute Gasteiger partial charge is 0.330 e. The molecule has 0 atom stereocenters. The minimum absolute atomic E-state index is 0. The zero-order valence-corrected chi connectivity index (χ0v) is 13.5. The SMILES string of the molecule is Cl.NCc1nc(C(=O)N(Cc2cccc(F)c2)C2CC2)cs1. The summed E-state index contributed by atoms with van der Waals surface area (Å²) < 4.78 is 13.3. The number of nitrogens with zero attached hydrogens (tertiary/aromatic N) is 2. The predicted molar refractivity (Wildman–Crippen MR) is 86.5 cm³/mol. The number of thiazole rings is 1. The summed E-state index contributed by atoms with van der Waals surface area (Å²) >= 11 is 1.39. The van der Waals surface area contributed by atoms with Crippen LogP contribution in [-0.2, 0) is 13.1 Å². The zero-order chi connectivity index (χ0) is 14.8. The number of carbonyl (C=O) groups is 1. The minimum Gasteiger partial charge on any atom is -0.330 e. The second kappa shape index (κ2) is 7.17. The molecule has 0 unspecified atom stereocenters. The summed E-state index contributed by atoms with van der Waals surface area (Å²) in [6.45, 7) is 0.752. The van der Waals surface area contributed by atoms with Gasteiger partial charge in [-0.3, -0.25) is 4.79 Å². The Hall–Kier alpha value is -1.50. The molecule has 1 aliphatic carbocycles. The maximum atomic E-state index is 13.3. The molecule has 1 heterocycles. The van der Waals surface area contributed by atoms with Crippen LogP contribution < -0.4 is 5.73 Å². The van der Waals surface area contributed by atoms with Crippen LogP contribution in [0.4, 0.5) is 4.39 Å². The molecule has 22 heavy (non-hydrogen) atoms. The molecule has 2 N–H and O–H groups in total. The van der Waals surface area contributed by atoms with E-state index in [0.29, 0.717) is 18.8 Å². The monoisotopic (exact) mass is 341 g/mol. The van der Waals surface area contributed by atoms with Crippen LogP contribution in [0.25, 0.3) is 0 Å². The molecule has 118 valence electrons. The smallest absolute Gasteiger partial charge is 0.273 e. The lowest BCUT2D eigenvalue weighted by molar-refractivity contribution is 0.0724. The van der Waals surface area contributed by atoms with E-state index in [-0.39, 0.29) is 30.2 Å². The number of benzene rings is 1. The van der Waals surface area contributed by atoms with Crippen LogP contribution in [0.1, 0.15) is 33.9 Å². The molecular formula is C15H17ClFN3OS. The van der Waals surface area contributed by atoms with E-state index in [1.165, 1.54) is 23.5 Å². The molecule has 4 nitrogen and oxygen atoms in total. The van der Waals surface area contributed by atoms with Gasteiger partial charge in [0.05, 0.1) is 0 Å². The molecule has 1 aromatic carbocycles. The van der Waals surface area contributed by atoms with Crippen LogP contribution in [0.2, 0.25) is 0 Å². The third-order valence-electron chi connectivity index (χ3n) is 3.44. The van der Waals surface area contributed by atoms with E-state index in [1.54, 1.807) is 16.3 Å². The maximum absolute atomic E-state index is 13.3. The first kappa shape index (κ1) is 16.9. The summed E-state index contributed by atoms with van der Waals surface area (Å²) in [6, 6.07) is 6.60. The van der Waals surface area contributed by atoms with E-state index in [4.69, 9.17) is 5.73 Å². The highest BCUT2D eigenvalue weighted by molar-refractivity contribution is 7.09. The molecule has 1 aliphatic rings. The molecule has 0 bridgehead atoms. The summed E-state index contributed by atoms with van der Waals surface area (Å²) in [5.74, 6) is -0.382. The van der Waals surface area contributed by atoms with Crippen LogP contribution in [0, 0.1) is 5.82 Å². The third kappa shape index (κ3) is 3.82. The molecule has 0 saturated heterocycles. The number of aromatic nitrogens is 1. The van der Waals surface area contributed by atoms with Crippen molar-refractivity contribution in [3.8, 4) is 0 Å². The first-order valence-electron chi connectivity index (χ1n) is 6.87. The Labute approximate surface area is 138 Å². The Kier molecular flexibility index (Phi) is 5.50. The van der Waals surface area contributed by atoms with Crippen molar-refractivity contribution in [2.45, 2.75) is 32.0 Å². The number of amides is 1. The van der Waals surface area contributed by atoms with Gasteiger partial charge >= 0.3 is 0 Å². The van der Waals surface area contributed by atoms with Crippen LogP contribution >= 0.6 is 23.7 Å². The van der Waals surface area contributed by atoms with Gasteiger partial charge in [0, 0.05) is 24.5 Å². The topological polar surface area (TPSA) is 59.2 Å². The molecule has 7 heteroatoms. The number of halogens is 2. The fraction of sp³-hybridized carbons (Fsp3) is 0.333. The van der Waals surface area contributed by atoms with Crippen molar-refractivity contribution in [2.75, 3.05) is 0 Å². The standard InChI is InChI=1S/C15H16FN3OS.ClH/c16-11-3-1-2-10(6-11)8-19(12-4-5-12)15(20)13-9-21-14(7-17)18-13;/h1-3,6,9,12H,4-5,7-8,17H2;1H. The van der Waals surface area contributed by atoms with Crippen molar-refractivity contribution in [3.63, 3.8) is 0 Å². The van der Waals surface area contributed by atoms with Gasteiger partial charge in [0.25, 0.3) is 5.91 Å². The molecule has 0 radical (unpaired) electrons. The van der Waals surface area contributed by atoms with Gasteiger partial charge in [-0.15, -0.1) is 23.7 Å². The van der Waals surface area contributed by atoms with Crippen molar-refractivity contribution in [1.29, 1.82) is 0 Å². The second-order valence-corrected chi connectivity index (χ2v) is 6.07. The first-order valence-corrected chi connectivity index (χ1v) is 7.75. The molecule has 1 amide bonds. The van der Waals surface area contributed by atoms with Crippen LogP contribution in [0.15, 0.2) is 29.6 Å². The average molecular weight is 342 g/mol. The van der Waals surface area contributed by atoms with E-state index in [0.717, 1.165) is 23.4 Å². The fourth-order valence-corrected chi connectivity index (χ4v) is 2.88. The van der Waals surface area contributed by atoms with E-state index >= 15 is 0 Å². The fourth-order valence-electron chi connectivity index (χ4n) is 2.23. The Bertz CT molecular complexity index is 660. The lowest BCUT2D eigenvalue weighted by atomic mass is 10.2. The van der Waals surface area contributed by atoms with Crippen LogP contribution in [0.5, 0.6) is 0 Å². The van der Waals surface area contributed by atoms with E-state index < -0.39 is 0 Å². The highest BCUT2D eigenvalue weighted by Crippen LogP contribution is 2.30. The first-order chi connectivity index (χ1) is 10.2. The number of hydrogen-bond acceptors (Lipinski definition) is 4. The van der Waals surface area contributed by atoms with Gasteiger partial charge in [-0.05, 0) is 30.5 Å². The van der Waals surface area contributed by atoms with Gasteiger partial charge in [0.1, 0.15) is 16.5 Å². The summed E-state index contributed by atoms with van der Waals surface area (Å²) in [6.07, 6.45) is 1.99. The van der Waals surface area contributed by atoms with Gasteiger partial charge in [0.2, 0.25) is 0 Å². The van der Waals surface area contributed by atoms with Crippen molar-refractivity contribution in [3.05, 3.63) is 51.7 Å². The molecule has 1 aromatic heterocycles. The Balaban J connectivity index is 0.00000176. The van der Waals surface area contributed by atoms with Crippen LogP contribution in [0.3, 0.4) is 0 Å². The normalized spacial score (nSPS) is 13.5.